The first-order valence-corrected chi connectivity index (χ1v) is 9.90. The number of thioether (sulfide) groups is 1. The van der Waals surface area contributed by atoms with E-state index in [0.717, 1.165) is 28.8 Å². The lowest BCUT2D eigenvalue weighted by molar-refractivity contribution is 0.0921. The molecule has 3 heterocycles. The Kier molecular flexibility index (Phi) is 4.84. The van der Waals surface area contributed by atoms with E-state index in [-0.39, 0.29) is 5.91 Å². The number of thiazole rings is 1. The number of aromatic amines is 1. The molecule has 0 spiro atoms. The van der Waals surface area contributed by atoms with Crippen molar-refractivity contribution < 1.29 is 9.21 Å². The van der Waals surface area contributed by atoms with Crippen molar-refractivity contribution in [2.75, 3.05) is 0 Å². The highest BCUT2D eigenvalue weighted by Crippen LogP contribution is 2.26. The van der Waals surface area contributed by atoms with E-state index in [1.807, 2.05) is 0 Å². The van der Waals surface area contributed by atoms with Gasteiger partial charge in [0.25, 0.3) is 5.91 Å². The van der Waals surface area contributed by atoms with Gasteiger partial charge in [-0.05, 0) is 37.8 Å². The molecule has 25 heavy (non-hydrogen) atoms. The maximum Gasteiger partial charge on any atom is 0.287 e. The van der Waals surface area contributed by atoms with Crippen molar-refractivity contribution in [1.82, 2.24) is 25.5 Å². The third-order valence-electron chi connectivity index (χ3n) is 3.92. The van der Waals surface area contributed by atoms with E-state index in [1.54, 1.807) is 23.5 Å². The molecule has 0 aromatic carbocycles. The van der Waals surface area contributed by atoms with Crippen LogP contribution in [0.1, 0.15) is 44.7 Å². The molecule has 0 saturated carbocycles. The number of H-pyrrole nitrogens is 1. The Balaban J connectivity index is 1.31. The number of nitrogens with one attached hydrogen (secondary N) is 2. The molecule has 0 radical (unpaired) electrons. The number of carbonyl (C=O) groups is 1. The predicted molar refractivity (Wildman–Crippen MR) is 94.6 cm³/mol. The first kappa shape index (κ1) is 16.3. The van der Waals surface area contributed by atoms with Crippen molar-refractivity contribution in [2.24, 2.45) is 0 Å². The van der Waals surface area contributed by atoms with Crippen LogP contribution in [0, 0.1) is 0 Å². The predicted octanol–water partition coefficient (Wildman–Crippen LogP) is 2.96. The second kappa shape index (κ2) is 7.40. The van der Waals surface area contributed by atoms with E-state index >= 15 is 0 Å². The molecule has 1 amide bonds. The molecule has 0 aliphatic heterocycles. The third kappa shape index (κ3) is 3.93. The molecule has 0 unspecified atom stereocenters. The summed E-state index contributed by atoms with van der Waals surface area (Å²) in [6.07, 6.45) is 6.08. The molecular weight excluding hydrogens is 358 g/mol. The summed E-state index contributed by atoms with van der Waals surface area (Å²) >= 11 is 3.18. The summed E-state index contributed by atoms with van der Waals surface area (Å²) in [4.78, 5) is 22.3. The number of aromatic nitrogens is 4. The minimum Gasteiger partial charge on any atom is -0.455 e. The minimum atomic E-state index is -0.218. The van der Waals surface area contributed by atoms with Gasteiger partial charge in [0.2, 0.25) is 0 Å². The Bertz CT molecular complexity index is 832. The average Bonchev–Trinajstić information content (AvgIpc) is 3.37. The van der Waals surface area contributed by atoms with Gasteiger partial charge in [-0.2, -0.15) is 5.10 Å². The van der Waals surface area contributed by atoms with Gasteiger partial charge < -0.3 is 9.73 Å². The molecule has 3 aromatic heterocycles. The molecule has 7 nitrogen and oxygen atoms in total. The highest BCUT2D eigenvalue weighted by atomic mass is 32.2. The van der Waals surface area contributed by atoms with Crippen molar-refractivity contribution in [3.05, 3.63) is 45.6 Å². The van der Waals surface area contributed by atoms with Gasteiger partial charge in [0.05, 0.1) is 18.0 Å². The summed E-state index contributed by atoms with van der Waals surface area (Å²) in [6, 6.07) is 3.50. The molecule has 0 atom stereocenters. The van der Waals surface area contributed by atoms with Crippen LogP contribution in [0.3, 0.4) is 0 Å². The summed E-state index contributed by atoms with van der Waals surface area (Å²) in [5.74, 6) is 1.40. The van der Waals surface area contributed by atoms with Crippen LogP contribution in [0.25, 0.3) is 0 Å². The van der Waals surface area contributed by atoms with Gasteiger partial charge in [0.1, 0.15) is 17.1 Å². The summed E-state index contributed by atoms with van der Waals surface area (Å²) < 4.78 is 5.60. The van der Waals surface area contributed by atoms with Crippen LogP contribution in [0.5, 0.6) is 0 Å². The lowest BCUT2D eigenvalue weighted by atomic mass is 10.0. The van der Waals surface area contributed by atoms with E-state index in [4.69, 9.17) is 4.42 Å². The van der Waals surface area contributed by atoms with Gasteiger partial charge in [0.15, 0.2) is 10.9 Å². The second-order valence-electron chi connectivity index (χ2n) is 5.71. The molecule has 130 valence electrons. The summed E-state index contributed by atoms with van der Waals surface area (Å²) in [6.45, 7) is 0.444. The standard InChI is InChI=1S/C16H17N5O2S2/c22-15(17-7-14-20-11-3-1-2-4-13(11)25-14)12-6-5-10(23-12)8-24-16-18-9-19-21-16/h5-6,9H,1-4,7-8H2,(H,17,22)(H,18,19,21). The second-order valence-corrected chi connectivity index (χ2v) is 7.84. The molecule has 4 rings (SSSR count). The topological polar surface area (TPSA) is 96.7 Å². The number of fused-ring (bicyclic) bond motifs is 1. The zero-order valence-corrected chi connectivity index (χ0v) is 15.1. The lowest BCUT2D eigenvalue weighted by Crippen LogP contribution is -2.22. The zero-order chi connectivity index (χ0) is 17.1. The molecule has 2 N–H and O–H groups in total. The van der Waals surface area contributed by atoms with Crippen LogP contribution in [-0.2, 0) is 25.1 Å². The number of hydrogen-bond acceptors (Lipinski definition) is 7. The molecule has 1 aliphatic rings. The van der Waals surface area contributed by atoms with Gasteiger partial charge in [-0.15, -0.1) is 11.3 Å². The Morgan fingerprint density at radius 3 is 3.12 bits per heavy atom. The van der Waals surface area contributed by atoms with Crippen molar-refractivity contribution in [2.45, 2.75) is 43.1 Å². The van der Waals surface area contributed by atoms with Crippen molar-refractivity contribution >= 4 is 29.0 Å². The van der Waals surface area contributed by atoms with Crippen molar-refractivity contribution in [1.29, 1.82) is 0 Å². The summed E-state index contributed by atoms with van der Waals surface area (Å²) in [5, 5.41) is 11.1. The van der Waals surface area contributed by atoms with Crippen molar-refractivity contribution in [3.8, 4) is 0 Å². The first-order valence-electron chi connectivity index (χ1n) is 8.10. The highest BCUT2D eigenvalue weighted by Gasteiger charge is 2.16. The maximum atomic E-state index is 12.2. The van der Waals surface area contributed by atoms with E-state index < -0.39 is 0 Å². The van der Waals surface area contributed by atoms with Gasteiger partial charge in [0, 0.05) is 4.88 Å². The quantitative estimate of drug-likeness (QED) is 0.643. The number of aryl methyl sites for hydroxylation is 2. The Morgan fingerprint density at radius 1 is 1.36 bits per heavy atom. The number of rotatable bonds is 6. The lowest BCUT2D eigenvalue weighted by Gasteiger charge is -2.06. The van der Waals surface area contributed by atoms with Gasteiger partial charge in [-0.25, -0.2) is 9.97 Å². The normalized spacial score (nSPS) is 13.6. The average molecular weight is 375 g/mol. The molecule has 0 bridgehead atoms. The number of amides is 1. The third-order valence-corrected chi connectivity index (χ3v) is 5.98. The number of hydrogen-bond donors (Lipinski definition) is 2. The van der Waals surface area contributed by atoms with E-state index in [2.05, 4.69) is 25.5 Å². The molecule has 9 heteroatoms. The van der Waals surface area contributed by atoms with E-state index in [1.165, 1.54) is 41.5 Å². The van der Waals surface area contributed by atoms with Crippen LogP contribution >= 0.6 is 23.1 Å². The van der Waals surface area contributed by atoms with E-state index in [0.29, 0.717) is 18.1 Å². The van der Waals surface area contributed by atoms with Gasteiger partial charge in [-0.1, -0.05) is 11.8 Å². The Labute approximate surface area is 152 Å². The van der Waals surface area contributed by atoms with Crippen LogP contribution in [0.15, 0.2) is 28.0 Å². The first-order chi connectivity index (χ1) is 12.3. The molecule has 0 saturated heterocycles. The number of nitrogens with zero attached hydrogens (tertiary/aromatic N) is 3. The number of carbonyl (C=O) groups excluding carboxylic acids is 1. The van der Waals surface area contributed by atoms with Gasteiger partial charge in [-0.3, -0.25) is 9.89 Å². The minimum absolute atomic E-state index is 0.218. The van der Waals surface area contributed by atoms with Crippen molar-refractivity contribution in [3.63, 3.8) is 0 Å². The number of furan rings is 1. The molecular formula is C16H17N5O2S2. The van der Waals surface area contributed by atoms with Crippen LogP contribution in [0.4, 0.5) is 0 Å². The largest absolute Gasteiger partial charge is 0.455 e. The zero-order valence-electron chi connectivity index (χ0n) is 13.4. The smallest absolute Gasteiger partial charge is 0.287 e. The fourth-order valence-electron chi connectivity index (χ4n) is 2.70. The van der Waals surface area contributed by atoms with Crippen LogP contribution in [-0.4, -0.2) is 26.1 Å². The Morgan fingerprint density at radius 2 is 2.28 bits per heavy atom. The van der Waals surface area contributed by atoms with Crippen LogP contribution < -0.4 is 5.32 Å². The van der Waals surface area contributed by atoms with Gasteiger partial charge >= 0.3 is 0 Å². The summed E-state index contributed by atoms with van der Waals surface area (Å²) in [7, 11) is 0. The summed E-state index contributed by atoms with van der Waals surface area (Å²) in [5.41, 5.74) is 1.21. The highest BCUT2D eigenvalue weighted by molar-refractivity contribution is 7.98. The molecule has 3 aromatic rings. The van der Waals surface area contributed by atoms with Crippen LogP contribution in [0.2, 0.25) is 0 Å². The molecule has 1 aliphatic carbocycles. The fraction of sp³-hybridized carbons (Fsp3) is 0.375. The SMILES string of the molecule is O=C(NCc1nc2c(s1)CCCC2)c1ccc(CSc2ncn[nH]2)o1. The molecule has 0 fully saturated rings. The van der Waals surface area contributed by atoms with E-state index in [9.17, 15) is 4.79 Å². The maximum absolute atomic E-state index is 12.2. The fourth-order valence-corrected chi connectivity index (χ4v) is 4.47. The monoisotopic (exact) mass is 375 g/mol. The Hall–Kier alpha value is -2.13.